The van der Waals surface area contributed by atoms with Crippen molar-refractivity contribution in [3.8, 4) is 0 Å². The van der Waals surface area contributed by atoms with E-state index in [0.29, 0.717) is 17.8 Å². The van der Waals surface area contributed by atoms with Crippen LogP contribution in [0.3, 0.4) is 0 Å². The summed E-state index contributed by atoms with van der Waals surface area (Å²) in [4.78, 5) is 11.5. The van der Waals surface area contributed by atoms with E-state index in [1.807, 2.05) is 0 Å². The molecule has 1 fully saturated rings. The lowest BCUT2D eigenvalue weighted by Gasteiger charge is -2.40. The maximum absolute atomic E-state index is 11.5. The lowest BCUT2D eigenvalue weighted by Crippen LogP contribution is -2.45. The lowest BCUT2D eigenvalue weighted by molar-refractivity contribution is -0.105. The number of hydrogen-bond acceptors (Lipinski definition) is 3. The number of carbonyl (C=O) groups excluding carboxylic acids is 1. The fourth-order valence-corrected chi connectivity index (χ4v) is 7.56. The number of aldehydes is 1. The molecular weight excluding hydrogens is 452 g/mol. The molecule has 0 N–H and O–H groups in total. The molecule has 2 rings (SSSR count). The first-order valence-electron chi connectivity index (χ1n) is 13.7. The zero-order valence-electron chi connectivity index (χ0n) is 24.2. The Labute approximate surface area is 213 Å². The van der Waals surface area contributed by atoms with E-state index >= 15 is 0 Å². The Morgan fingerprint density at radius 1 is 1.03 bits per heavy atom. The van der Waals surface area contributed by atoms with Gasteiger partial charge < -0.3 is 8.85 Å². The second-order valence-electron chi connectivity index (χ2n) is 13.9. The molecule has 0 spiro atoms. The van der Waals surface area contributed by atoms with Crippen LogP contribution >= 0.6 is 0 Å². The van der Waals surface area contributed by atoms with Gasteiger partial charge in [-0.1, -0.05) is 86.0 Å². The zero-order chi connectivity index (χ0) is 25.9. The van der Waals surface area contributed by atoms with Crippen LogP contribution in [0.1, 0.15) is 87.0 Å². The van der Waals surface area contributed by atoms with E-state index in [-0.39, 0.29) is 22.3 Å². The smallest absolute Gasteiger partial charge is 0.192 e. The monoisotopic (exact) mass is 506 g/mol. The van der Waals surface area contributed by atoms with Crippen molar-refractivity contribution < 1.29 is 13.6 Å². The Morgan fingerprint density at radius 3 is 2.18 bits per heavy atom. The van der Waals surface area contributed by atoms with Gasteiger partial charge in [-0.15, -0.1) is 0 Å². The second kappa shape index (κ2) is 11.3. The largest absolute Gasteiger partial charge is 0.413 e. The van der Waals surface area contributed by atoms with E-state index in [9.17, 15) is 4.79 Å². The van der Waals surface area contributed by atoms with Gasteiger partial charge in [0.1, 0.15) is 6.29 Å². The van der Waals surface area contributed by atoms with Crippen molar-refractivity contribution in [3.63, 3.8) is 0 Å². The summed E-state index contributed by atoms with van der Waals surface area (Å²) in [6.07, 6.45) is 15.2. The first-order valence-corrected chi connectivity index (χ1v) is 19.5. The van der Waals surface area contributed by atoms with Gasteiger partial charge in [0, 0.05) is 5.92 Å². The van der Waals surface area contributed by atoms with Crippen LogP contribution < -0.4 is 0 Å². The third kappa shape index (κ3) is 7.27. The van der Waals surface area contributed by atoms with E-state index in [1.165, 1.54) is 19.3 Å². The minimum atomic E-state index is -1.88. The molecule has 0 aromatic heterocycles. The highest BCUT2D eigenvalue weighted by Crippen LogP contribution is 2.50. The van der Waals surface area contributed by atoms with E-state index in [2.05, 4.69) is 92.9 Å². The molecule has 0 unspecified atom stereocenters. The first kappa shape index (κ1) is 29.7. The molecule has 34 heavy (non-hydrogen) atoms. The quantitative estimate of drug-likeness (QED) is 0.122. The topological polar surface area (TPSA) is 35.5 Å². The Hall–Kier alpha value is -0.496. The number of rotatable bonds is 11. The van der Waals surface area contributed by atoms with Gasteiger partial charge in [0.05, 0.1) is 12.2 Å². The Morgan fingerprint density at radius 2 is 1.65 bits per heavy atom. The van der Waals surface area contributed by atoms with Crippen molar-refractivity contribution in [2.45, 2.75) is 135 Å². The van der Waals surface area contributed by atoms with Crippen LogP contribution in [0.4, 0.5) is 0 Å². The van der Waals surface area contributed by atoms with Crippen molar-refractivity contribution >= 4 is 22.9 Å². The first-order chi connectivity index (χ1) is 15.5. The molecule has 5 heteroatoms. The minimum Gasteiger partial charge on any atom is -0.413 e. The fourth-order valence-electron chi connectivity index (χ4n) is 4.89. The molecule has 5 atom stereocenters. The maximum Gasteiger partial charge on any atom is 0.192 e. The van der Waals surface area contributed by atoms with Crippen LogP contribution in [0.2, 0.25) is 36.3 Å². The molecule has 1 saturated carbocycles. The molecule has 0 aromatic carbocycles. The summed E-state index contributed by atoms with van der Waals surface area (Å²) in [7, 11) is -3.74. The normalized spacial score (nSPS) is 27.2. The van der Waals surface area contributed by atoms with E-state index in [4.69, 9.17) is 8.85 Å². The second-order valence-corrected chi connectivity index (χ2v) is 23.4. The highest BCUT2D eigenvalue weighted by molar-refractivity contribution is 6.74. The van der Waals surface area contributed by atoms with Gasteiger partial charge in [0.25, 0.3) is 0 Å². The van der Waals surface area contributed by atoms with Crippen molar-refractivity contribution in [1.82, 2.24) is 0 Å². The van der Waals surface area contributed by atoms with Gasteiger partial charge in [-0.2, -0.15) is 0 Å². The summed E-state index contributed by atoms with van der Waals surface area (Å²) in [6, 6.07) is 0. The summed E-state index contributed by atoms with van der Waals surface area (Å²) in [5, 5.41) is 0.390. The van der Waals surface area contributed by atoms with Crippen molar-refractivity contribution in [3.05, 3.63) is 23.8 Å². The predicted molar refractivity (Wildman–Crippen MR) is 151 cm³/mol. The van der Waals surface area contributed by atoms with Gasteiger partial charge in [0.2, 0.25) is 0 Å². The average Bonchev–Trinajstić information content (AvgIpc) is 3.21. The van der Waals surface area contributed by atoms with Gasteiger partial charge >= 0.3 is 0 Å². The summed E-state index contributed by atoms with van der Waals surface area (Å²) >= 11 is 0. The van der Waals surface area contributed by atoms with Gasteiger partial charge in [0.15, 0.2) is 16.6 Å². The van der Waals surface area contributed by atoms with Gasteiger partial charge in [-0.25, -0.2) is 0 Å². The standard InChI is InChI=1S/C29H54O3Si2/c1-12-13-14-15-24(31-33(8,9)28(2,3)4)16-17-25-26-19-22(21-30)18-23(26)20-27(25)32-34(10,11)29(5,6)7/h16-18,21,23-27H,12-15,19-20H2,1-11H3/t23-,24-,25-,26-,27+/m0/s1. The molecule has 0 aliphatic heterocycles. The van der Waals surface area contributed by atoms with Crippen molar-refractivity contribution in [1.29, 1.82) is 0 Å². The maximum atomic E-state index is 11.5. The van der Waals surface area contributed by atoms with Crippen LogP contribution in [0.15, 0.2) is 23.8 Å². The molecule has 0 aromatic rings. The minimum absolute atomic E-state index is 0.167. The van der Waals surface area contributed by atoms with E-state index in [1.54, 1.807) is 0 Å². The SMILES string of the molecule is CCCCC[C@@H](C=C[C@H]1[C@H]2CC(C=O)=C[C@H]2C[C@H]1O[Si](C)(C)C(C)(C)C)O[Si](C)(C)C(C)(C)C. The van der Waals surface area contributed by atoms with Crippen molar-refractivity contribution in [2.75, 3.05) is 0 Å². The van der Waals surface area contributed by atoms with Crippen LogP contribution in [0.25, 0.3) is 0 Å². The molecule has 2 aliphatic rings. The summed E-state index contributed by atoms with van der Waals surface area (Å²) in [5.74, 6) is 1.30. The lowest BCUT2D eigenvalue weighted by atomic mass is 9.89. The molecule has 2 aliphatic carbocycles. The molecule has 0 amide bonds. The molecule has 196 valence electrons. The Bertz CT molecular complexity index is 739. The van der Waals surface area contributed by atoms with Crippen LogP contribution in [0.5, 0.6) is 0 Å². The number of fused-ring (bicyclic) bond motifs is 1. The number of carbonyl (C=O) groups is 1. The molecule has 0 heterocycles. The van der Waals surface area contributed by atoms with Crippen LogP contribution in [-0.4, -0.2) is 35.1 Å². The van der Waals surface area contributed by atoms with Crippen molar-refractivity contribution in [2.24, 2.45) is 17.8 Å². The highest BCUT2D eigenvalue weighted by Gasteiger charge is 2.49. The molecule has 0 radical (unpaired) electrons. The summed E-state index contributed by atoms with van der Waals surface area (Å²) < 4.78 is 13.9. The summed E-state index contributed by atoms with van der Waals surface area (Å²) in [5.41, 5.74) is 0.983. The number of allylic oxidation sites excluding steroid dienone is 2. The number of hydrogen-bond donors (Lipinski definition) is 0. The molecule has 3 nitrogen and oxygen atoms in total. The van der Waals surface area contributed by atoms with Gasteiger partial charge in [-0.3, -0.25) is 4.79 Å². The zero-order valence-corrected chi connectivity index (χ0v) is 26.2. The third-order valence-corrected chi connectivity index (χ3v) is 18.2. The molecule has 0 saturated heterocycles. The third-order valence-electron chi connectivity index (χ3n) is 9.17. The Kier molecular flexibility index (Phi) is 9.85. The fraction of sp³-hybridized carbons (Fsp3) is 0.828. The Balaban J connectivity index is 2.29. The predicted octanol–water partition coefficient (Wildman–Crippen LogP) is 8.69. The van der Waals surface area contributed by atoms with E-state index < -0.39 is 16.6 Å². The van der Waals surface area contributed by atoms with Gasteiger partial charge in [-0.05, 0) is 72.9 Å². The van der Waals surface area contributed by atoms with Crippen LogP contribution in [-0.2, 0) is 13.6 Å². The molecular formula is C29H54O3Si2. The molecule has 0 bridgehead atoms. The highest BCUT2D eigenvalue weighted by atomic mass is 28.4. The van der Waals surface area contributed by atoms with E-state index in [0.717, 1.165) is 31.1 Å². The average molecular weight is 507 g/mol. The van der Waals surface area contributed by atoms with Crippen LogP contribution in [0, 0.1) is 17.8 Å². The summed E-state index contributed by atoms with van der Waals surface area (Å²) in [6.45, 7) is 25.6. The number of unbranched alkanes of at least 4 members (excludes halogenated alkanes) is 2.